The van der Waals surface area contributed by atoms with E-state index in [1.165, 1.54) is 4.31 Å². The molecule has 1 aliphatic heterocycles. The van der Waals surface area contributed by atoms with Gasteiger partial charge in [-0.2, -0.15) is 9.40 Å². The Morgan fingerprint density at radius 1 is 1.00 bits per heavy atom. The second kappa shape index (κ2) is 10.1. The number of hydrogen-bond donors (Lipinski definition) is 1. The van der Waals surface area contributed by atoms with Crippen molar-refractivity contribution in [2.24, 2.45) is 0 Å². The molecule has 8 nitrogen and oxygen atoms in total. The van der Waals surface area contributed by atoms with Gasteiger partial charge in [-0.1, -0.05) is 24.3 Å². The fourth-order valence-corrected chi connectivity index (χ4v) is 4.91. The third-order valence-corrected chi connectivity index (χ3v) is 7.28. The van der Waals surface area contributed by atoms with Crippen LogP contribution in [0.3, 0.4) is 0 Å². The molecule has 32 heavy (non-hydrogen) atoms. The molecule has 9 heteroatoms. The zero-order valence-electron chi connectivity index (χ0n) is 17.7. The van der Waals surface area contributed by atoms with Gasteiger partial charge in [-0.05, 0) is 47.9 Å². The van der Waals surface area contributed by atoms with Crippen molar-refractivity contribution < 1.29 is 17.9 Å². The maximum atomic E-state index is 12.7. The van der Waals surface area contributed by atoms with Crippen LogP contribution in [-0.4, -0.2) is 54.7 Å². The molecule has 1 N–H and O–H groups in total. The first-order valence-corrected chi connectivity index (χ1v) is 12.0. The van der Waals surface area contributed by atoms with Gasteiger partial charge >= 0.3 is 0 Å². The van der Waals surface area contributed by atoms with Crippen LogP contribution in [-0.2, 0) is 32.5 Å². The van der Waals surface area contributed by atoms with E-state index >= 15 is 0 Å². The van der Waals surface area contributed by atoms with E-state index in [4.69, 9.17) is 4.74 Å². The molecular formula is C23H26N4O4S. The van der Waals surface area contributed by atoms with Gasteiger partial charge in [0.15, 0.2) is 0 Å². The number of aryl methyl sites for hydroxylation is 1. The molecule has 1 saturated heterocycles. The fraction of sp³-hybridized carbons (Fsp3) is 0.304. The highest BCUT2D eigenvalue weighted by molar-refractivity contribution is 7.89. The largest absolute Gasteiger partial charge is 0.379 e. The van der Waals surface area contributed by atoms with E-state index in [0.717, 1.165) is 16.8 Å². The molecule has 0 atom stereocenters. The van der Waals surface area contributed by atoms with Gasteiger partial charge in [0.25, 0.3) is 0 Å². The molecule has 4 rings (SSSR count). The summed E-state index contributed by atoms with van der Waals surface area (Å²) in [5.74, 6) is -0.0498. The monoisotopic (exact) mass is 454 g/mol. The third kappa shape index (κ3) is 5.42. The Kier molecular flexibility index (Phi) is 6.99. The van der Waals surface area contributed by atoms with E-state index in [0.29, 0.717) is 45.7 Å². The Hall–Kier alpha value is -3.01. The van der Waals surface area contributed by atoms with E-state index < -0.39 is 10.0 Å². The predicted octanol–water partition coefficient (Wildman–Crippen LogP) is 2.14. The minimum Gasteiger partial charge on any atom is -0.379 e. The van der Waals surface area contributed by atoms with Crippen LogP contribution in [0.2, 0.25) is 0 Å². The zero-order valence-corrected chi connectivity index (χ0v) is 18.5. The lowest BCUT2D eigenvalue weighted by Crippen LogP contribution is -2.40. The Balaban J connectivity index is 1.25. The molecule has 1 fully saturated rings. The van der Waals surface area contributed by atoms with Crippen molar-refractivity contribution in [1.82, 2.24) is 19.4 Å². The van der Waals surface area contributed by atoms with Crippen molar-refractivity contribution in [3.8, 4) is 5.69 Å². The van der Waals surface area contributed by atoms with E-state index in [1.807, 2.05) is 36.5 Å². The Morgan fingerprint density at radius 3 is 2.34 bits per heavy atom. The van der Waals surface area contributed by atoms with Crippen LogP contribution in [0.25, 0.3) is 5.69 Å². The number of carbonyl (C=O) groups excluding carboxylic acids is 1. The molecule has 0 unspecified atom stereocenters. The average Bonchev–Trinajstić information content (AvgIpc) is 3.38. The minimum atomic E-state index is -3.50. The van der Waals surface area contributed by atoms with E-state index in [1.54, 1.807) is 35.1 Å². The third-order valence-electron chi connectivity index (χ3n) is 5.37. The lowest BCUT2D eigenvalue weighted by Gasteiger charge is -2.26. The molecule has 0 saturated carbocycles. The Bertz CT molecular complexity index is 1120. The lowest BCUT2D eigenvalue weighted by molar-refractivity contribution is -0.121. The van der Waals surface area contributed by atoms with Crippen molar-refractivity contribution in [3.05, 3.63) is 78.1 Å². The molecule has 0 radical (unpaired) electrons. The quantitative estimate of drug-likeness (QED) is 0.563. The Labute approximate surface area is 187 Å². The predicted molar refractivity (Wildman–Crippen MR) is 120 cm³/mol. The summed E-state index contributed by atoms with van der Waals surface area (Å²) >= 11 is 0. The first-order chi connectivity index (χ1) is 15.5. The summed E-state index contributed by atoms with van der Waals surface area (Å²) in [7, 11) is -3.50. The topological polar surface area (TPSA) is 93.5 Å². The number of sulfonamides is 1. The lowest BCUT2D eigenvalue weighted by atomic mass is 10.1. The molecular weight excluding hydrogens is 428 g/mol. The number of rotatable bonds is 8. The number of ether oxygens (including phenoxy) is 1. The van der Waals surface area contributed by atoms with Crippen LogP contribution in [0.15, 0.2) is 71.9 Å². The van der Waals surface area contributed by atoms with Crippen molar-refractivity contribution in [2.75, 3.05) is 26.3 Å². The van der Waals surface area contributed by atoms with Crippen LogP contribution >= 0.6 is 0 Å². The second-order valence-corrected chi connectivity index (χ2v) is 9.49. The summed E-state index contributed by atoms with van der Waals surface area (Å²) in [6, 6.07) is 16.5. The van der Waals surface area contributed by atoms with Gasteiger partial charge in [-0.25, -0.2) is 13.1 Å². The smallest absolute Gasteiger partial charge is 0.243 e. The zero-order chi connectivity index (χ0) is 22.4. The fourth-order valence-electron chi connectivity index (χ4n) is 3.50. The number of hydrogen-bond acceptors (Lipinski definition) is 5. The molecule has 0 bridgehead atoms. The summed E-state index contributed by atoms with van der Waals surface area (Å²) in [4.78, 5) is 12.5. The molecule has 1 aromatic heterocycles. The van der Waals surface area contributed by atoms with Gasteiger partial charge in [0.05, 0.1) is 23.8 Å². The highest BCUT2D eigenvalue weighted by Crippen LogP contribution is 2.18. The van der Waals surface area contributed by atoms with Gasteiger partial charge in [-0.3, -0.25) is 4.79 Å². The molecule has 2 heterocycles. The van der Waals surface area contributed by atoms with Gasteiger partial charge in [0.2, 0.25) is 15.9 Å². The number of aromatic nitrogens is 2. The SMILES string of the molecule is O=C(CCc1ccc(S(=O)(=O)N2CCOCC2)cc1)NCc1ccc(-n2cccn2)cc1. The average molecular weight is 455 g/mol. The van der Waals surface area contributed by atoms with Crippen molar-refractivity contribution in [3.63, 3.8) is 0 Å². The normalized spacial score (nSPS) is 14.9. The molecule has 3 aromatic rings. The standard InChI is InChI=1S/C23H26N4O4S/c28-23(24-18-20-2-7-21(8-3-20)27-13-1-12-25-27)11-6-19-4-9-22(10-5-19)32(29,30)26-14-16-31-17-15-26/h1-5,7-10,12-13H,6,11,14-18H2,(H,24,28). The van der Waals surface area contributed by atoms with E-state index in [9.17, 15) is 13.2 Å². The highest BCUT2D eigenvalue weighted by Gasteiger charge is 2.26. The van der Waals surface area contributed by atoms with Gasteiger partial charge in [0, 0.05) is 38.4 Å². The molecule has 1 amide bonds. The summed E-state index contributed by atoms with van der Waals surface area (Å²) in [5.41, 5.74) is 2.89. The summed E-state index contributed by atoms with van der Waals surface area (Å²) in [6.07, 6.45) is 4.48. The maximum Gasteiger partial charge on any atom is 0.243 e. The summed E-state index contributed by atoms with van der Waals surface area (Å²) < 4.78 is 33.8. The number of nitrogens with one attached hydrogen (secondary N) is 1. The van der Waals surface area contributed by atoms with Crippen LogP contribution in [0.5, 0.6) is 0 Å². The van der Waals surface area contributed by atoms with Gasteiger partial charge in [0.1, 0.15) is 0 Å². The van der Waals surface area contributed by atoms with E-state index in [-0.39, 0.29) is 10.8 Å². The van der Waals surface area contributed by atoms with Gasteiger partial charge in [-0.15, -0.1) is 0 Å². The molecule has 1 aliphatic rings. The van der Waals surface area contributed by atoms with Crippen molar-refractivity contribution >= 4 is 15.9 Å². The summed E-state index contributed by atoms with van der Waals surface area (Å²) in [5, 5.41) is 7.12. The van der Waals surface area contributed by atoms with Crippen molar-refractivity contribution in [2.45, 2.75) is 24.3 Å². The maximum absolute atomic E-state index is 12.7. The van der Waals surface area contributed by atoms with E-state index in [2.05, 4.69) is 10.4 Å². The first kappa shape index (κ1) is 22.2. The molecule has 2 aromatic carbocycles. The number of carbonyl (C=O) groups is 1. The molecule has 0 aliphatic carbocycles. The molecule has 168 valence electrons. The Morgan fingerprint density at radius 2 is 1.69 bits per heavy atom. The van der Waals surface area contributed by atoms with Crippen molar-refractivity contribution in [1.29, 1.82) is 0 Å². The van der Waals surface area contributed by atoms with Crippen LogP contribution in [0.1, 0.15) is 17.5 Å². The number of morpholine rings is 1. The highest BCUT2D eigenvalue weighted by atomic mass is 32.2. The minimum absolute atomic E-state index is 0.0498. The first-order valence-electron chi connectivity index (χ1n) is 10.5. The number of nitrogens with zero attached hydrogens (tertiary/aromatic N) is 3. The van der Waals surface area contributed by atoms with Gasteiger partial charge < -0.3 is 10.1 Å². The van der Waals surface area contributed by atoms with Crippen LogP contribution < -0.4 is 5.32 Å². The second-order valence-electron chi connectivity index (χ2n) is 7.55. The summed E-state index contributed by atoms with van der Waals surface area (Å²) in [6.45, 7) is 2.03. The number of amides is 1. The molecule has 0 spiro atoms. The number of benzene rings is 2. The van der Waals surface area contributed by atoms with Crippen LogP contribution in [0, 0.1) is 0 Å². The van der Waals surface area contributed by atoms with Crippen LogP contribution in [0.4, 0.5) is 0 Å².